The molecule has 0 unspecified atom stereocenters. The van der Waals surface area contributed by atoms with Crippen molar-refractivity contribution < 1.29 is 24.5 Å². The standard InChI is InChI=1S/C22H16ClNO5/c23-12-9-17(21(26)27)20(25)19(10-12)24-22(28)29-11-18-15-7-3-1-5-13(15)14-6-2-4-8-16(14)18/h1-10,18,25H,11H2,(H,24,28)(H,26,27). The van der Waals surface area contributed by atoms with Gasteiger partial charge in [0, 0.05) is 10.9 Å². The lowest BCUT2D eigenvalue weighted by Gasteiger charge is -2.15. The lowest BCUT2D eigenvalue weighted by atomic mass is 9.98. The van der Waals surface area contributed by atoms with E-state index < -0.39 is 23.4 Å². The Morgan fingerprint density at radius 3 is 2.17 bits per heavy atom. The first-order valence-electron chi connectivity index (χ1n) is 8.83. The number of ether oxygens (including phenoxy) is 1. The lowest BCUT2D eigenvalue weighted by molar-refractivity contribution is 0.0693. The number of rotatable bonds is 4. The van der Waals surface area contributed by atoms with Crippen LogP contribution in [-0.4, -0.2) is 28.9 Å². The normalized spacial score (nSPS) is 12.2. The van der Waals surface area contributed by atoms with E-state index in [1.54, 1.807) is 0 Å². The van der Waals surface area contributed by atoms with Crippen LogP contribution in [0.1, 0.15) is 27.4 Å². The SMILES string of the molecule is O=C(Nc1cc(Cl)cc(C(=O)O)c1O)OCC1c2ccccc2-c2ccccc21. The van der Waals surface area contributed by atoms with E-state index in [4.69, 9.17) is 21.4 Å². The number of phenols is 1. The highest BCUT2D eigenvalue weighted by Crippen LogP contribution is 2.44. The Labute approximate surface area is 171 Å². The van der Waals surface area contributed by atoms with E-state index in [-0.39, 0.29) is 23.2 Å². The molecule has 3 N–H and O–H groups in total. The van der Waals surface area contributed by atoms with Crippen LogP contribution >= 0.6 is 11.6 Å². The Kier molecular flexibility index (Phi) is 4.86. The van der Waals surface area contributed by atoms with Crippen molar-refractivity contribution in [3.63, 3.8) is 0 Å². The van der Waals surface area contributed by atoms with Crippen LogP contribution in [0.25, 0.3) is 11.1 Å². The number of aromatic carboxylic acids is 1. The molecule has 0 radical (unpaired) electrons. The number of aromatic hydroxyl groups is 1. The average Bonchev–Trinajstić information content (AvgIpc) is 3.02. The fourth-order valence-corrected chi connectivity index (χ4v) is 3.82. The van der Waals surface area contributed by atoms with Gasteiger partial charge in [-0.2, -0.15) is 0 Å². The molecule has 0 aliphatic heterocycles. The number of carbonyl (C=O) groups excluding carboxylic acids is 1. The van der Waals surface area contributed by atoms with Crippen LogP contribution in [0.15, 0.2) is 60.7 Å². The summed E-state index contributed by atoms with van der Waals surface area (Å²) in [6, 6.07) is 18.2. The fourth-order valence-electron chi connectivity index (χ4n) is 3.60. The molecule has 6 nitrogen and oxygen atoms in total. The summed E-state index contributed by atoms with van der Waals surface area (Å²) in [4.78, 5) is 23.5. The first kappa shape index (κ1) is 18.8. The van der Waals surface area contributed by atoms with Gasteiger partial charge in [-0.25, -0.2) is 9.59 Å². The third-order valence-corrected chi connectivity index (χ3v) is 5.10. The van der Waals surface area contributed by atoms with Gasteiger partial charge in [0.05, 0.1) is 5.69 Å². The van der Waals surface area contributed by atoms with Gasteiger partial charge in [-0.1, -0.05) is 60.1 Å². The van der Waals surface area contributed by atoms with E-state index in [0.29, 0.717) is 0 Å². The second-order valence-corrected chi connectivity index (χ2v) is 7.04. The molecule has 146 valence electrons. The number of fused-ring (bicyclic) bond motifs is 3. The summed E-state index contributed by atoms with van der Waals surface area (Å²) in [6.07, 6.45) is -0.819. The molecule has 0 saturated heterocycles. The number of carboxylic acids is 1. The van der Waals surface area contributed by atoms with Crippen molar-refractivity contribution in [2.24, 2.45) is 0 Å². The number of carboxylic acid groups (broad SMARTS) is 1. The molecule has 0 heterocycles. The smallest absolute Gasteiger partial charge is 0.411 e. The molecule has 3 aromatic carbocycles. The summed E-state index contributed by atoms with van der Waals surface area (Å²) in [5.41, 5.74) is 3.81. The third kappa shape index (κ3) is 3.50. The molecule has 1 aliphatic carbocycles. The minimum atomic E-state index is -1.36. The van der Waals surface area contributed by atoms with E-state index in [1.807, 2.05) is 48.5 Å². The van der Waals surface area contributed by atoms with Crippen LogP contribution in [0.3, 0.4) is 0 Å². The molecule has 0 fully saturated rings. The Morgan fingerprint density at radius 2 is 1.59 bits per heavy atom. The Balaban J connectivity index is 1.52. The second-order valence-electron chi connectivity index (χ2n) is 6.61. The zero-order chi connectivity index (χ0) is 20.5. The molecule has 29 heavy (non-hydrogen) atoms. The number of amides is 1. The predicted octanol–water partition coefficient (Wildman–Crippen LogP) is 5.10. The maximum absolute atomic E-state index is 12.3. The molecule has 0 atom stereocenters. The van der Waals surface area contributed by atoms with Crippen molar-refractivity contribution in [2.45, 2.75) is 5.92 Å². The summed E-state index contributed by atoms with van der Waals surface area (Å²) in [5.74, 6) is -2.06. The van der Waals surface area contributed by atoms with Crippen LogP contribution in [0.2, 0.25) is 5.02 Å². The van der Waals surface area contributed by atoms with Crippen LogP contribution in [0.5, 0.6) is 5.75 Å². The topological polar surface area (TPSA) is 95.9 Å². The second kappa shape index (κ2) is 7.48. The lowest BCUT2D eigenvalue weighted by Crippen LogP contribution is -2.18. The quantitative estimate of drug-likeness (QED) is 0.521. The summed E-state index contributed by atoms with van der Waals surface area (Å²) in [6.45, 7) is 0.0903. The molecule has 0 saturated carbocycles. The van der Waals surface area contributed by atoms with Crippen molar-refractivity contribution in [2.75, 3.05) is 11.9 Å². The number of halogens is 1. The van der Waals surface area contributed by atoms with Crippen molar-refractivity contribution in [1.82, 2.24) is 0 Å². The molecular formula is C22H16ClNO5. The first-order valence-corrected chi connectivity index (χ1v) is 9.21. The maximum atomic E-state index is 12.3. The van der Waals surface area contributed by atoms with Gasteiger partial charge in [0.15, 0.2) is 5.75 Å². The molecule has 7 heteroatoms. The fraction of sp³-hybridized carbons (Fsp3) is 0.0909. The molecule has 1 amide bonds. The predicted molar refractivity (Wildman–Crippen MR) is 109 cm³/mol. The summed E-state index contributed by atoms with van der Waals surface area (Å²) < 4.78 is 5.39. The zero-order valence-electron chi connectivity index (χ0n) is 15.1. The summed E-state index contributed by atoms with van der Waals surface area (Å²) in [5, 5.41) is 21.6. The van der Waals surface area contributed by atoms with Gasteiger partial charge in [-0.15, -0.1) is 0 Å². The molecular weight excluding hydrogens is 394 g/mol. The van der Waals surface area contributed by atoms with E-state index in [1.165, 1.54) is 6.07 Å². The average molecular weight is 410 g/mol. The molecule has 0 bridgehead atoms. The number of hydrogen-bond acceptors (Lipinski definition) is 4. The monoisotopic (exact) mass is 409 g/mol. The minimum Gasteiger partial charge on any atom is -0.505 e. The van der Waals surface area contributed by atoms with Crippen molar-refractivity contribution in [3.05, 3.63) is 82.4 Å². The molecule has 3 aromatic rings. The number of benzene rings is 3. The largest absolute Gasteiger partial charge is 0.505 e. The Hall–Kier alpha value is -3.51. The summed E-state index contributed by atoms with van der Waals surface area (Å²) >= 11 is 5.88. The number of hydrogen-bond donors (Lipinski definition) is 3. The number of carbonyl (C=O) groups is 2. The van der Waals surface area contributed by atoms with Gasteiger partial charge in [-0.3, -0.25) is 5.32 Å². The van der Waals surface area contributed by atoms with Gasteiger partial charge in [0.25, 0.3) is 0 Å². The third-order valence-electron chi connectivity index (χ3n) is 4.89. The number of anilines is 1. The Bertz CT molecular complexity index is 1080. The van der Waals surface area contributed by atoms with E-state index in [2.05, 4.69) is 5.32 Å². The zero-order valence-corrected chi connectivity index (χ0v) is 15.8. The van der Waals surface area contributed by atoms with Crippen molar-refractivity contribution in [3.8, 4) is 16.9 Å². The highest BCUT2D eigenvalue weighted by Gasteiger charge is 2.29. The van der Waals surface area contributed by atoms with Gasteiger partial charge < -0.3 is 14.9 Å². The van der Waals surface area contributed by atoms with Crippen molar-refractivity contribution >= 4 is 29.4 Å². The van der Waals surface area contributed by atoms with Crippen LogP contribution in [-0.2, 0) is 4.74 Å². The molecule has 0 aromatic heterocycles. The van der Waals surface area contributed by atoms with Crippen LogP contribution in [0, 0.1) is 0 Å². The highest BCUT2D eigenvalue weighted by atomic mass is 35.5. The summed E-state index contributed by atoms with van der Waals surface area (Å²) in [7, 11) is 0. The van der Waals surface area contributed by atoms with E-state index in [0.717, 1.165) is 28.3 Å². The van der Waals surface area contributed by atoms with Crippen molar-refractivity contribution in [1.29, 1.82) is 0 Å². The van der Waals surface area contributed by atoms with Gasteiger partial charge in [-0.05, 0) is 34.4 Å². The van der Waals surface area contributed by atoms with Crippen LogP contribution < -0.4 is 5.32 Å². The molecule has 0 spiro atoms. The highest BCUT2D eigenvalue weighted by molar-refractivity contribution is 6.31. The van der Waals surface area contributed by atoms with Gasteiger partial charge >= 0.3 is 12.1 Å². The van der Waals surface area contributed by atoms with Gasteiger partial charge in [0.2, 0.25) is 0 Å². The van der Waals surface area contributed by atoms with E-state index in [9.17, 15) is 14.7 Å². The minimum absolute atomic E-state index is 0.0640. The van der Waals surface area contributed by atoms with E-state index >= 15 is 0 Å². The first-order chi connectivity index (χ1) is 14.0. The van der Waals surface area contributed by atoms with Crippen LogP contribution in [0.4, 0.5) is 10.5 Å². The molecule has 1 aliphatic rings. The van der Waals surface area contributed by atoms with Gasteiger partial charge in [0.1, 0.15) is 12.2 Å². The maximum Gasteiger partial charge on any atom is 0.411 e. The molecule has 4 rings (SSSR count). The Morgan fingerprint density at radius 1 is 1.00 bits per heavy atom. The number of nitrogens with one attached hydrogen (secondary N) is 1.